The van der Waals surface area contributed by atoms with Gasteiger partial charge in [0.25, 0.3) is 0 Å². The average Bonchev–Trinajstić information content (AvgIpc) is 3.32. The summed E-state index contributed by atoms with van der Waals surface area (Å²) in [6.45, 7) is 0.105. The molecule has 0 bridgehead atoms. The topological polar surface area (TPSA) is 63.9 Å². The highest BCUT2D eigenvalue weighted by Crippen LogP contribution is 2.33. The fourth-order valence-corrected chi connectivity index (χ4v) is 4.00. The van der Waals surface area contributed by atoms with Crippen LogP contribution in [0.4, 0.5) is 0 Å². The summed E-state index contributed by atoms with van der Waals surface area (Å²) >= 11 is 1.56. The van der Waals surface area contributed by atoms with Crippen molar-refractivity contribution in [3.63, 3.8) is 0 Å². The van der Waals surface area contributed by atoms with Gasteiger partial charge in [-0.25, -0.2) is 0 Å². The molecule has 0 aliphatic heterocycles. The first kappa shape index (κ1) is 16.0. The first-order valence-electron chi connectivity index (χ1n) is 8.37. The van der Waals surface area contributed by atoms with Gasteiger partial charge in [0.2, 0.25) is 11.7 Å². The van der Waals surface area contributed by atoms with Gasteiger partial charge in [0.1, 0.15) is 6.54 Å². The molecule has 25 heavy (non-hydrogen) atoms. The van der Waals surface area contributed by atoms with E-state index in [0.717, 1.165) is 24.1 Å². The normalized spacial score (nSPS) is 16.4. The first-order chi connectivity index (χ1) is 12.2. The molecule has 1 aliphatic rings. The van der Waals surface area contributed by atoms with Crippen molar-refractivity contribution in [3.8, 4) is 10.7 Å². The number of tetrazole rings is 1. The van der Waals surface area contributed by atoms with Crippen molar-refractivity contribution >= 4 is 17.2 Å². The smallest absolute Gasteiger partial charge is 0.246 e. The van der Waals surface area contributed by atoms with Crippen molar-refractivity contribution in [1.29, 1.82) is 0 Å². The Hall–Kier alpha value is -2.54. The van der Waals surface area contributed by atoms with Crippen LogP contribution in [0, 0.1) is 0 Å². The summed E-state index contributed by atoms with van der Waals surface area (Å²) in [6.07, 6.45) is 3.18. The number of benzene rings is 1. The number of carbonyl (C=O) groups excluding carboxylic acids is 1. The van der Waals surface area contributed by atoms with Gasteiger partial charge in [-0.2, -0.15) is 4.80 Å². The van der Waals surface area contributed by atoms with Crippen LogP contribution in [-0.4, -0.2) is 38.1 Å². The molecule has 1 amide bonds. The molecule has 7 heteroatoms. The monoisotopic (exact) mass is 353 g/mol. The van der Waals surface area contributed by atoms with Crippen LogP contribution in [0.2, 0.25) is 0 Å². The molecule has 2 aromatic heterocycles. The van der Waals surface area contributed by atoms with Gasteiger partial charge in [-0.15, -0.1) is 21.5 Å². The number of hydrogen-bond donors (Lipinski definition) is 0. The van der Waals surface area contributed by atoms with Gasteiger partial charge >= 0.3 is 0 Å². The Kier molecular flexibility index (Phi) is 4.31. The molecule has 0 saturated carbocycles. The minimum Gasteiger partial charge on any atom is -0.337 e. The molecule has 1 aliphatic carbocycles. The number of nitrogens with zero attached hydrogens (tertiary/aromatic N) is 5. The summed E-state index contributed by atoms with van der Waals surface area (Å²) < 4.78 is 0. The van der Waals surface area contributed by atoms with Gasteiger partial charge in [-0.05, 0) is 47.0 Å². The van der Waals surface area contributed by atoms with Crippen molar-refractivity contribution < 1.29 is 4.79 Å². The Morgan fingerprint density at radius 3 is 3.04 bits per heavy atom. The standard InChI is InChI=1S/C18H19N5OS/c1-22(15-9-4-7-13-6-2-3-8-14(13)15)17(24)12-23-20-18(19-21-23)16-10-5-11-25-16/h2-3,5-6,8,10-11,15H,4,7,9,12H2,1H3/t15-/m1/s1. The molecule has 6 nitrogen and oxygen atoms in total. The maximum atomic E-state index is 12.7. The number of amides is 1. The molecule has 0 N–H and O–H groups in total. The van der Waals surface area contributed by atoms with Gasteiger partial charge in [0.05, 0.1) is 10.9 Å². The Morgan fingerprint density at radius 1 is 1.32 bits per heavy atom. The number of aryl methyl sites for hydroxylation is 1. The Bertz CT molecular complexity index is 873. The van der Waals surface area contributed by atoms with Crippen LogP contribution >= 0.6 is 11.3 Å². The zero-order valence-electron chi connectivity index (χ0n) is 14.0. The van der Waals surface area contributed by atoms with Crippen molar-refractivity contribution in [1.82, 2.24) is 25.1 Å². The number of rotatable bonds is 4. The summed E-state index contributed by atoms with van der Waals surface area (Å²) in [4.78, 5) is 16.9. The van der Waals surface area contributed by atoms with E-state index in [-0.39, 0.29) is 18.5 Å². The molecule has 0 radical (unpaired) electrons. The van der Waals surface area contributed by atoms with E-state index in [4.69, 9.17) is 0 Å². The third kappa shape index (κ3) is 3.19. The number of fused-ring (bicyclic) bond motifs is 1. The fraction of sp³-hybridized carbons (Fsp3) is 0.333. The third-order valence-electron chi connectivity index (χ3n) is 4.67. The quantitative estimate of drug-likeness (QED) is 0.723. The predicted octanol–water partition coefficient (Wildman–Crippen LogP) is 2.94. The molecular formula is C18H19N5OS. The van der Waals surface area contributed by atoms with Crippen LogP contribution < -0.4 is 0 Å². The van der Waals surface area contributed by atoms with E-state index in [1.54, 1.807) is 11.3 Å². The van der Waals surface area contributed by atoms with Crippen LogP contribution in [-0.2, 0) is 17.8 Å². The van der Waals surface area contributed by atoms with Gasteiger partial charge in [0, 0.05) is 7.05 Å². The molecule has 128 valence electrons. The zero-order valence-corrected chi connectivity index (χ0v) is 14.8. The van der Waals surface area contributed by atoms with Crippen LogP contribution in [0.5, 0.6) is 0 Å². The number of likely N-dealkylation sites (N-methyl/N-ethyl adjacent to an activating group) is 1. The molecule has 3 aromatic rings. The third-order valence-corrected chi connectivity index (χ3v) is 5.54. The van der Waals surface area contributed by atoms with E-state index in [1.165, 1.54) is 15.9 Å². The minimum atomic E-state index is -0.00293. The lowest BCUT2D eigenvalue weighted by Gasteiger charge is -2.33. The second-order valence-electron chi connectivity index (χ2n) is 6.23. The van der Waals surface area contributed by atoms with Crippen LogP contribution in [0.3, 0.4) is 0 Å². The summed E-state index contributed by atoms with van der Waals surface area (Å²) in [5.41, 5.74) is 2.60. The fourth-order valence-electron chi connectivity index (χ4n) is 3.35. The lowest BCUT2D eigenvalue weighted by molar-refractivity contribution is -0.133. The number of carbonyl (C=O) groups is 1. The zero-order chi connectivity index (χ0) is 17.2. The van der Waals surface area contributed by atoms with E-state index >= 15 is 0 Å². The van der Waals surface area contributed by atoms with E-state index in [2.05, 4.69) is 33.6 Å². The summed E-state index contributed by atoms with van der Waals surface area (Å²) in [5.74, 6) is 0.560. The SMILES string of the molecule is CN(C(=O)Cn1nnc(-c2cccs2)n1)[C@@H]1CCCc2ccccc21. The number of aromatic nitrogens is 4. The summed E-state index contributed by atoms with van der Waals surface area (Å²) in [5, 5.41) is 14.3. The second kappa shape index (κ2) is 6.76. The largest absolute Gasteiger partial charge is 0.337 e. The molecule has 1 atom stereocenters. The van der Waals surface area contributed by atoms with Crippen molar-refractivity contribution in [2.24, 2.45) is 0 Å². The summed E-state index contributed by atoms with van der Waals surface area (Å²) in [6, 6.07) is 12.4. The van der Waals surface area contributed by atoms with E-state index in [9.17, 15) is 4.79 Å². The molecule has 2 heterocycles. The number of thiophene rings is 1. The highest BCUT2D eigenvalue weighted by Gasteiger charge is 2.26. The maximum absolute atomic E-state index is 12.7. The van der Waals surface area contributed by atoms with Crippen LogP contribution in [0.25, 0.3) is 10.7 Å². The van der Waals surface area contributed by atoms with Gasteiger partial charge in [0.15, 0.2) is 0 Å². The molecule has 0 fully saturated rings. The minimum absolute atomic E-state index is 0.00293. The maximum Gasteiger partial charge on any atom is 0.246 e. The second-order valence-corrected chi connectivity index (χ2v) is 7.18. The molecule has 4 rings (SSSR count). The average molecular weight is 353 g/mol. The lowest BCUT2D eigenvalue weighted by atomic mass is 9.87. The molecule has 1 aromatic carbocycles. The van der Waals surface area contributed by atoms with Gasteiger partial charge in [-0.3, -0.25) is 4.79 Å². The molecule has 0 spiro atoms. The lowest BCUT2D eigenvalue weighted by Crippen LogP contribution is -2.36. The highest BCUT2D eigenvalue weighted by molar-refractivity contribution is 7.13. The van der Waals surface area contributed by atoms with Gasteiger partial charge in [-0.1, -0.05) is 30.3 Å². The van der Waals surface area contributed by atoms with E-state index in [0.29, 0.717) is 5.82 Å². The van der Waals surface area contributed by atoms with E-state index in [1.807, 2.05) is 35.5 Å². The van der Waals surface area contributed by atoms with E-state index < -0.39 is 0 Å². The Balaban J connectivity index is 1.48. The van der Waals surface area contributed by atoms with Crippen molar-refractivity contribution in [2.45, 2.75) is 31.8 Å². The number of hydrogen-bond acceptors (Lipinski definition) is 5. The molecule has 0 saturated heterocycles. The molecule has 0 unspecified atom stereocenters. The Labute approximate surface area is 150 Å². The predicted molar refractivity (Wildman–Crippen MR) is 96.0 cm³/mol. The van der Waals surface area contributed by atoms with Crippen molar-refractivity contribution in [3.05, 3.63) is 52.9 Å². The first-order valence-corrected chi connectivity index (χ1v) is 9.25. The van der Waals surface area contributed by atoms with Crippen LogP contribution in [0.15, 0.2) is 41.8 Å². The Morgan fingerprint density at radius 2 is 2.20 bits per heavy atom. The molecular weight excluding hydrogens is 334 g/mol. The highest BCUT2D eigenvalue weighted by atomic mass is 32.1. The van der Waals surface area contributed by atoms with Crippen LogP contribution in [0.1, 0.15) is 30.0 Å². The van der Waals surface area contributed by atoms with Gasteiger partial charge < -0.3 is 4.90 Å². The van der Waals surface area contributed by atoms with Crippen molar-refractivity contribution in [2.75, 3.05) is 7.05 Å². The summed E-state index contributed by atoms with van der Waals surface area (Å²) in [7, 11) is 1.87.